The van der Waals surface area contributed by atoms with Crippen molar-refractivity contribution >= 4 is 22.6 Å². The van der Waals surface area contributed by atoms with Crippen molar-refractivity contribution in [3.8, 4) is 11.4 Å². The van der Waals surface area contributed by atoms with Crippen LogP contribution in [0.3, 0.4) is 0 Å². The molecule has 124 valence electrons. The van der Waals surface area contributed by atoms with Crippen LogP contribution in [0.1, 0.15) is 13.0 Å². The summed E-state index contributed by atoms with van der Waals surface area (Å²) < 4.78 is 1.72. The van der Waals surface area contributed by atoms with Gasteiger partial charge in [0.05, 0.1) is 6.33 Å². The number of anilines is 1. The summed E-state index contributed by atoms with van der Waals surface area (Å²) in [6.07, 6.45) is 4.97. The zero-order valence-corrected chi connectivity index (χ0v) is 13.5. The Labute approximate surface area is 143 Å². The Morgan fingerprint density at radius 3 is 2.88 bits per heavy atom. The first-order valence-electron chi connectivity index (χ1n) is 7.91. The number of nitrogens with one attached hydrogen (secondary N) is 2. The first-order chi connectivity index (χ1) is 12.2. The molecular weight excluding hydrogens is 316 g/mol. The number of carbonyl (C=O) groups excluding carboxylic acids is 1. The summed E-state index contributed by atoms with van der Waals surface area (Å²) >= 11 is 0. The number of hydrogen-bond acceptors (Lipinski definition) is 4. The first-order valence-corrected chi connectivity index (χ1v) is 7.91. The lowest BCUT2D eigenvalue weighted by Gasteiger charge is -2.11. The second-order valence-corrected chi connectivity index (χ2v) is 5.71. The highest BCUT2D eigenvalue weighted by atomic mass is 16.2. The zero-order valence-electron chi connectivity index (χ0n) is 13.5. The molecule has 7 heteroatoms. The molecule has 4 aromatic rings. The van der Waals surface area contributed by atoms with E-state index in [1.807, 2.05) is 42.5 Å². The van der Waals surface area contributed by atoms with Crippen molar-refractivity contribution in [1.29, 1.82) is 0 Å². The molecule has 0 saturated carbocycles. The van der Waals surface area contributed by atoms with E-state index in [2.05, 4.69) is 25.5 Å². The fraction of sp³-hybridized carbons (Fsp3) is 0.111. The van der Waals surface area contributed by atoms with Gasteiger partial charge in [0.25, 0.3) is 0 Å². The molecule has 0 fully saturated rings. The molecule has 0 aliphatic heterocycles. The van der Waals surface area contributed by atoms with Crippen LogP contribution in [-0.4, -0.2) is 30.6 Å². The number of H-pyrrole nitrogens is 1. The van der Waals surface area contributed by atoms with Crippen LogP contribution in [0.2, 0.25) is 0 Å². The third kappa shape index (κ3) is 2.87. The molecule has 0 radical (unpaired) electrons. The molecule has 7 nitrogen and oxygen atoms in total. The maximum Gasteiger partial charge on any atom is 0.249 e. The van der Waals surface area contributed by atoms with Gasteiger partial charge in [-0.25, -0.2) is 4.98 Å². The highest BCUT2D eigenvalue weighted by molar-refractivity contribution is 5.96. The van der Waals surface area contributed by atoms with Gasteiger partial charge in [0, 0.05) is 18.0 Å². The van der Waals surface area contributed by atoms with Crippen LogP contribution >= 0.6 is 0 Å². The molecular formula is C18H16N6O. The monoisotopic (exact) mass is 332 g/mol. The van der Waals surface area contributed by atoms with Gasteiger partial charge in [-0.3, -0.25) is 15.2 Å². The maximum atomic E-state index is 12.3. The van der Waals surface area contributed by atoms with Crippen LogP contribution in [0.5, 0.6) is 0 Å². The quantitative estimate of drug-likeness (QED) is 0.601. The Kier molecular flexibility index (Phi) is 3.74. The van der Waals surface area contributed by atoms with E-state index in [-0.39, 0.29) is 11.9 Å². The number of amides is 1. The van der Waals surface area contributed by atoms with Gasteiger partial charge in [-0.2, -0.15) is 4.98 Å². The smallest absolute Gasteiger partial charge is 0.249 e. The van der Waals surface area contributed by atoms with Gasteiger partial charge in [0.2, 0.25) is 11.9 Å². The van der Waals surface area contributed by atoms with E-state index >= 15 is 0 Å². The first kappa shape index (κ1) is 15.1. The molecule has 2 N–H and O–H groups in total. The predicted molar refractivity (Wildman–Crippen MR) is 94.9 cm³/mol. The van der Waals surface area contributed by atoms with Gasteiger partial charge in [-0.15, -0.1) is 5.10 Å². The van der Waals surface area contributed by atoms with E-state index in [4.69, 9.17) is 0 Å². The molecule has 0 aliphatic rings. The largest absolute Gasteiger partial charge is 0.325 e. The normalized spacial score (nSPS) is 12.2. The second-order valence-electron chi connectivity index (χ2n) is 5.71. The second kappa shape index (κ2) is 6.20. The molecule has 0 bridgehead atoms. The van der Waals surface area contributed by atoms with Crippen molar-refractivity contribution in [1.82, 2.24) is 24.7 Å². The van der Waals surface area contributed by atoms with Crippen LogP contribution in [-0.2, 0) is 4.79 Å². The number of aromatic nitrogens is 5. The minimum absolute atomic E-state index is 0.207. The van der Waals surface area contributed by atoms with E-state index < -0.39 is 6.04 Å². The lowest BCUT2D eigenvalue weighted by Crippen LogP contribution is -2.23. The SMILES string of the molecule is CC(C(=O)Nc1n[nH]c(-c2cccc3ccccc23)n1)n1ccnc1. The minimum Gasteiger partial charge on any atom is -0.325 e. The van der Waals surface area contributed by atoms with E-state index in [0.717, 1.165) is 16.3 Å². The molecule has 0 spiro atoms. The van der Waals surface area contributed by atoms with Gasteiger partial charge < -0.3 is 4.57 Å². The number of rotatable bonds is 4. The fourth-order valence-corrected chi connectivity index (χ4v) is 2.72. The van der Waals surface area contributed by atoms with Crippen molar-refractivity contribution in [3.63, 3.8) is 0 Å². The minimum atomic E-state index is -0.401. The predicted octanol–water partition coefficient (Wildman–Crippen LogP) is 3.02. The summed E-state index contributed by atoms with van der Waals surface area (Å²) in [6, 6.07) is 13.7. The van der Waals surface area contributed by atoms with Crippen molar-refractivity contribution < 1.29 is 4.79 Å². The van der Waals surface area contributed by atoms with E-state index in [1.54, 1.807) is 30.2 Å². The Hall–Kier alpha value is -3.48. The number of benzene rings is 2. The summed E-state index contributed by atoms with van der Waals surface area (Å²) in [5.74, 6) is 0.656. The molecule has 2 aromatic carbocycles. The molecule has 0 aliphatic carbocycles. The molecule has 2 aromatic heterocycles. The van der Waals surface area contributed by atoms with Crippen molar-refractivity contribution in [3.05, 3.63) is 61.2 Å². The Bertz CT molecular complexity index is 1020. The van der Waals surface area contributed by atoms with Gasteiger partial charge in [0.15, 0.2) is 5.82 Å². The molecule has 1 atom stereocenters. The van der Waals surface area contributed by atoms with Gasteiger partial charge in [-0.05, 0) is 17.7 Å². The van der Waals surface area contributed by atoms with E-state index in [1.165, 1.54) is 0 Å². The summed E-state index contributed by atoms with van der Waals surface area (Å²) in [5.41, 5.74) is 0.939. The van der Waals surface area contributed by atoms with Crippen molar-refractivity contribution in [2.75, 3.05) is 5.32 Å². The lowest BCUT2D eigenvalue weighted by atomic mass is 10.0. The Morgan fingerprint density at radius 2 is 2.04 bits per heavy atom. The van der Waals surface area contributed by atoms with Crippen LogP contribution in [0, 0.1) is 0 Å². The number of imidazole rings is 1. The number of aromatic amines is 1. The highest BCUT2D eigenvalue weighted by Crippen LogP contribution is 2.26. The van der Waals surface area contributed by atoms with Crippen molar-refractivity contribution in [2.45, 2.75) is 13.0 Å². The lowest BCUT2D eigenvalue weighted by molar-refractivity contribution is -0.118. The molecule has 0 saturated heterocycles. The van der Waals surface area contributed by atoms with E-state index in [0.29, 0.717) is 5.82 Å². The summed E-state index contributed by atoms with van der Waals surface area (Å²) in [5, 5.41) is 11.9. The number of nitrogens with zero attached hydrogens (tertiary/aromatic N) is 4. The van der Waals surface area contributed by atoms with E-state index in [9.17, 15) is 4.79 Å². The average molecular weight is 332 g/mol. The van der Waals surface area contributed by atoms with Gasteiger partial charge >= 0.3 is 0 Å². The van der Waals surface area contributed by atoms with Crippen molar-refractivity contribution in [2.24, 2.45) is 0 Å². The van der Waals surface area contributed by atoms with Crippen LogP contribution in [0.4, 0.5) is 5.95 Å². The Balaban J connectivity index is 1.59. The highest BCUT2D eigenvalue weighted by Gasteiger charge is 2.17. The average Bonchev–Trinajstić information content (AvgIpc) is 3.32. The van der Waals surface area contributed by atoms with Crippen LogP contribution in [0.25, 0.3) is 22.2 Å². The standard InChI is InChI=1S/C18H16N6O/c1-12(24-10-9-19-11-24)17(25)21-18-20-16(22-23-18)15-8-4-6-13-5-2-3-7-14(13)15/h2-12H,1H3,(H2,20,21,22,23,25). The van der Waals surface area contributed by atoms with Crippen LogP contribution < -0.4 is 5.32 Å². The van der Waals surface area contributed by atoms with Crippen LogP contribution in [0.15, 0.2) is 61.2 Å². The number of carbonyl (C=O) groups is 1. The molecule has 25 heavy (non-hydrogen) atoms. The summed E-state index contributed by atoms with van der Waals surface area (Å²) in [4.78, 5) is 20.7. The third-order valence-electron chi connectivity index (χ3n) is 4.12. The Morgan fingerprint density at radius 1 is 1.20 bits per heavy atom. The van der Waals surface area contributed by atoms with Gasteiger partial charge in [0.1, 0.15) is 6.04 Å². The summed E-state index contributed by atoms with van der Waals surface area (Å²) in [6.45, 7) is 1.79. The zero-order chi connectivity index (χ0) is 17.2. The number of hydrogen-bond donors (Lipinski definition) is 2. The molecule has 4 rings (SSSR count). The molecule has 2 heterocycles. The number of fused-ring (bicyclic) bond motifs is 1. The molecule has 1 amide bonds. The topological polar surface area (TPSA) is 88.5 Å². The third-order valence-corrected chi connectivity index (χ3v) is 4.12. The summed E-state index contributed by atoms with van der Waals surface area (Å²) in [7, 11) is 0. The molecule has 1 unspecified atom stereocenters. The fourth-order valence-electron chi connectivity index (χ4n) is 2.72. The maximum absolute atomic E-state index is 12.3. The van der Waals surface area contributed by atoms with Gasteiger partial charge in [-0.1, -0.05) is 42.5 Å².